The lowest BCUT2D eigenvalue weighted by molar-refractivity contribution is 0.00954. The molecule has 8 nitrogen and oxygen atoms in total. The van der Waals surface area contributed by atoms with Gasteiger partial charge in [-0.1, -0.05) is 0 Å². The molecule has 2 aliphatic rings. The van der Waals surface area contributed by atoms with Crippen molar-refractivity contribution in [1.82, 2.24) is 9.97 Å². The van der Waals surface area contributed by atoms with E-state index in [-0.39, 0.29) is 11.7 Å². The Morgan fingerprint density at radius 1 is 1.11 bits per heavy atom. The van der Waals surface area contributed by atoms with Gasteiger partial charge in [-0.25, -0.2) is 19.2 Å². The Hall–Kier alpha value is -4.40. The summed E-state index contributed by atoms with van der Waals surface area (Å²) in [5.74, 6) is 0.219. The third-order valence-corrected chi connectivity index (χ3v) is 6.74. The van der Waals surface area contributed by atoms with E-state index in [2.05, 4.69) is 20.6 Å². The Balaban J connectivity index is 1.41. The van der Waals surface area contributed by atoms with E-state index in [0.29, 0.717) is 46.9 Å². The maximum Gasteiger partial charge on any atom is 0.339 e. The number of hydrogen-bond acceptors (Lipinski definition) is 8. The molecule has 0 amide bonds. The number of halogens is 1. The number of anilines is 4. The van der Waals surface area contributed by atoms with Crippen molar-refractivity contribution < 1.29 is 18.7 Å². The van der Waals surface area contributed by atoms with Crippen molar-refractivity contribution in [2.24, 2.45) is 0 Å². The molecule has 2 aromatic carbocycles. The largest absolute Gasteiger partial charge is 0.474 e. The Kier molecular flexibility index (Phi) is 4.79. The molecule has 4 heterocycles. The SMILES string of the molecule is Cc1c(-c2cc3cc(Nc4ccc5c(c4)C(C)(C)OC5=O)ncc3c(N)c2F)cnc2c1NCCO2. The molecule has 0 atom stereocenters. The second kappa shape index (κ2) is 7.81. The van der Waals surface area contributed by atoms with Crippen LogP contribution in [-0.2, 0) is 10.3 Å². The predicted molar refractivity (Wildman–Crippen MR) is 136 cm³/mol. The fourth-order valence-electron chi connectivity index (χ4n) is 4.84. The highest BCUT2D eigenvalue weighted by Crippen LogP contribution is 2.40. The van der Waals surface area contributed by atoms with Gasteiger partial charge in [0.05, 0.1) is 11.3 Å². The van der Waals surface area contributed by atoms with Gasteiger partial charge < -0.3 is 25.8 Å². The van der Waals surface area contributed by atoms with Crippen LogP contribution in [0.1, 0.15) is 35.3 Å². The topological polar surface area (TPSA) is 111 Å². The zero-order chi connectivity index (χ0) is 25.2. The van der Waals surface area contributed by atoms with Crippen LogP contribution in [0.2, 0.25) is 0 Å². The molecule has 6 rings (SSSR count). The lowest BCUT2D eigenvalue weighted by Gasteiger charge is -2.22. The molecular formula is C27H24FN5O3. The molecule has 9 heteroatoms. The van der Waals surface area contributed by atoms with Crippen molar-refractivity contribution in [3.05, 3.63) is 65.2 Å². The van der Waals surface area contributed by atoms with Crippen molar-refractivity contribution in [2.75, 3.05) is 29.5 Å². The molecule has 182 valence electrons. The maximum absolute atomic E-state index is 15.4. The third kappa shape index (κ3) is 3.38. The van der Waals surface area contributed by atoms with Gasteiger partial charge in [0.2, 0.25) is 5.88 Å². The summed E-state index contributed by atoms with van der Waals surface area (Å²) >= 11 is 0. The molecule has 4 aromatic rings. The van der Waals surface area contributed by atoms with Crippen LogP contribution in [0.5, 0.6) is 5.88 Å². The average Bonchev–Trinajstić information content (AvgIpc) is 3.09. The Bertz CT molecular complexity index is 1580. The van der Waals surface area contributed by atoms with Gasteiger partial charge >= 0.3 is 5.97 Å². The predicted octanol–water partition coefficient (Wildman–Crippen LogP) is 5.28. The summed E-state index contributed by atoms with van der Waals surface area (Å²) in [6.07, 6.45) is 3.16. The standard InChI is InChI=1S/C27H24FN5O3/c1-13-18(11-32-25-24(13)30-6-7-35-25)17-8-14-9-21(31-12-19(14)23(29)22(17)28)33-15-4-5-16-20(10-15)27(2,3)36-26(16)34/h4-5,8-12,30H,6-7,29H2,1-3H3,(H,31,33). The van der Waals surface area contributed by atoms with Gasteiger partial charge in [-0.2, -0.15) is 0 Å². The second-order valence-corrected chi connectivity index (χ2v) is 9.48. The molecule has 0 bridgehead atoms. The van der Waals surface area contributed by atoms with Crippen LogP contribution in [0.4, 0.5) is 27.3 Å². The number of carbonyl (C=O) groups excluding carboxylic acids is 1. The van der Waals surface area contributed by atoms with Gasteiger partial charge in [0.15, 0.2) is 5.82 Å². The summed E-state index contributed by atoms with van der Waals surface area (Å²) in [7, 11) is 0. The van der Waals surface area contributed by atoms with Crippen LogP contribution in [-0.4, -0.2) is 29.1 Å². The number of nitrogens with zero attached hydrogens (tertiary/aromatic N) is 2. The normalized spacial score (nSPS) is 15.5. The second-order valence-electron chi connectivity index (χ2n) is 9.48. The van der Waals surface area contributed by atoms with E-state index in [9.17, 15) is 4.79 Å². The molecule has 0 unspecified atom stereocenters. The highest BCUT2D eigenvalue weighted by molar-refractivity contribution is 5.99. The van der Waals surface area contributed by atoms with Gasteiger partial charge in [-0.05, 0) is 62.1 Å². The number of fused-ring (bicyclic) bond motifs is 3. The van der Waals surface area contributed by atoms with Crippen LogP contribution < -0.4 is 21.1 Å². The van der Waals surface area contributed by atoms with Gasteiger partial charge in [-0.15, -0.1) is 0 Å². The molecule has 0 spiro atoms. The first-order chi connectivity index (χ1) is 17.2. The van der Waals surface area contributed by atoms with Crippen LogP contribution in [0, 0.1) is 12.7 Å². The number of cyclic esters (lactones) is 1. The number of nitrogens with two attached hydrogens (primary N) is 1. The molecule has 36 heavy (non-hydrogen) atoms. The molecule has 0 saturated carbocycles. The van der Waals surface area contributed by atoms with Crippen molar-refractivity contribution >= 4 is 39.6 Å². The summed E-state index contributed by atoms with van der Waals surface area (Å²) < 4.78 is 26.5. The lowest BCUT2D eigenvalue weighted by atomic mass is 9.95. The fourth-order valence-corrected chi connectivity index (χ4v) is 4.84. The summed E-state index contributed by atoms with van der Waals surface area (Å²) in [6.45, 7) is 6.80. The van der Waals surface area contributed by atoms with Crippen LogP contribution in [0.25, 0.3) is 21.9 Å². The number of hydrogen-bond donors (Lipinski definition) is 3. The number of nitrogen functional groups attached to an aromatic ring is 1. The molecule has 2 aromatic heterocycles. The number of rotatable bonds is 3. The zero-order valence-electron chi connectivity index (χ0n) is 20.0. The first-order valence-electron chi connectivity index (χ1n) is 11.6. The number of nitrogens with one attached hydrogen (secondary N) is 2. The van der Waals surface area contributed by atoms with Gasteiger partial charge in [-0.3, -0.25) is 0 Å². The summed E-state index contributed by atoms with van der Waals surface area (Å²) in [6, 6.07) is 9.00. The Morgan fingerprint density at radius 3 is 2.78 bits per heavy atom. The third-order valence-electron chi connectivity index (χ3n) is 6.74. The minimum Gasteiger partial charge on any atom is -0.474 e. The molecule has 0 radical (unpaired) electrons. The number of benzene rings is 2. The van der Waals surface area contributed by atoms with E-state index < -0.39 is 11.4 Å². The van der Waals surface area contributed by atoms with Gasteiger partial charge in [0.1, 0.15) is 23.7 Å². The minimum atomic E-state index is -0.706. The molecule has 0 saturated heterocycles. The highest BCUT2D eigenvalue weighted by Gasteiger charge is 2.37. The highest BCUT2D eigenvalue weighted by atomic mass is 19.1. The van der Waals surface area contributed by atoms with Gasteiger partial charge in [0, 0.05) is 46.7 Å². The minimum absolute atomic E-state index is 0.0258. The molecule has 0 fully saturated rings. The molecular weight excluding hydrogens is 461 g/mol. The Labute approximate surface area is 206 Å². The monoisotopic (exact) mass is 485 g/mol. The van der Waals surface area contributed by atoms with Crippen LogP contribution in [0.3, 0.4) is 0 Å². The number of carbonyl (C=O) groups is 1. The smallest absolute Gasteiger partial charge is 0.339 e. The van der Waals surface area contributed by atoms with Crippen molar-refractivity contribution in [3.8, 4) is 17.0 Å². The zero-order valence-corrected chi connectivity index (χ0v) is 20.0. The number of pyridine rings is 2. The first-order valence-corrected chi connectivity index (χ1v) is 11.6. The Morgan fingerprint density at radius 2 is 1.94 bits per heavy atom. The van der Waals surface area contributed by atoms with E-state index in [1.807, 2.05) is 32.9 Å². The summed E-state index contributed by atoms with van der Waals surface area (Å²) in [5, 5.41) is 7.80. The summed E-state index contributed by atoms with van der Waals surface area (Å²) in [5.41, 5.74) is 10.2. The lowest BCUT2D eigenvalue weighted by Crippen LogP contribution is -2.20. The number of esters is 1. The van der Waals surface area contributed by atoms with E-state index in [0.717, 1.165) is 27.9 Å². The van der Waals surface area contributed by atoms with Gasteiger partial charge in [0.25, 0.3) is 0 Å². The fraction of sp³-hybridized carbons (Fsp3) is 0.222. The average molecular weight is 486 g/mol. The van der Waals surface area contributed by atoms with E-state index in [1.165, 1.54) is 0 Å². The molecule has 0 aliphatic carbocycles. The van der Waals surface area contributed by atoms with E-state index >= 15 is 4.39 Å². The van der Waals surface area contributed by atoms with Crippen LogP contribution >= 0.6 is 0 Å². The quantitative estimate of drug-likeness (QED) is 0.266. The van der Waals surface area contributed by atoms with Crippen molar-refractivity contribution in [1.29, 1.82) is 0 Å². The van der Waals surface area contributed by atoms with Crippen LogP contribution in [0.15, 0.2) is 42.7 Å². The first kappa shape index (κ1) is 22.1. The molecule has 2 aliphatic heterocycles. The van der Waals surface area contributed by atoms with E-state index in [4.69, 9.17) is 15.2 Å². The summed E-state index contributed by atoms with van der Waals surface area (Å²) in [4.78, 5) is 20.9. The molecule has 4 N–H and O–H groups in total. The van der Waals surface area contributed by atoms with Crippen molar-refractivity contribution in [2.45, 2.75) is 26.4 Å². The van der Waals surface area contributed by atoms with Crippen molar-refractivity contribution in [3.63, 3.8) is 0 Å². The van der Waals surface area contributed by atoms with E-state index in [1.54, 1.807) is 30.6 Å². The number of ether oxygens (including phenoxy) is 2. The number of aromatic nitrogens is 2. The maximum atomic E-state index is 15.4.